The van der Waals surface area contributed by atoms with Crippen LogP contribution in [0.2, 0.25) is 0 Å². The number of alkyl halides is 3. The molecule has 38 heavy (non-hydrogen) atoms. The lowest BCUT2D eigenvalue weighted by atomic mass is 9.90. The van der Waals surface area contributed by atoms with Crippen molar-refractivity contribution in [2.75, 3.05) is 11.9 Å². The smallest absolute Gasteiger partial charge is 0.419 e. The number of hydrogen-bond acceptors (Lipinski definition) is 2. The largest absolute Gasteiger partial charge is 0.488 e. The van der Waals surface area contributed by atoms with Crippen LogP contribution in [0, 0.1) is 0 Å². The summed E-state index contributed by atoms with van der Waals surface area (Å²) < 4.78 is 46.7. The number of nitrogens with one attached hydrogen (secondary N) is 1. The van der Waals surface area contributed by atoms with Crippen LogP contribution in [0.1, 0.15) is 45.9 Å². The maximum Gasteiger partial charge on any atom is 0.419 e. The third-order valence-electron chi connectivity index (χ3n) is 7.06. The highest BCUT2D eigenvalue weighted by Gasteiger charge is 2.34. The number of aryl methyl sites for hydroxylation is 3. The van der Waals surface area contributed by atoms with Gasteiger partial charge in [0.2, 0.25) is 0 Å². The van der Waals surface area contributed by atoms with Crippen molar-refractivity contribution in [2.45, 2.75) is 38.9 Å². The summed E-state index contributed by atoms with van der Waals surface area (Å²) in [4.78, 5) is 0. The number of ether oxygens (including phenoxy) is 1. The SMILES string of the molecule is CCc1cccc2c1CNc1c(cccc1CCc1ccccc1)/C=C\2COc1ccccc1C(F)(F)F. The number of benzene rings is 4. The second-order valence-corrected chi connectivity index (χ2v) is 9.47. The van der Waals surface area contributed by atoms with Crippen molar-refractivity contribution < 1.29 is 17.9 Å². The van der Waals surface area contributed by atoms with Crippen molar-refractivity contribution in [2.24, 2.45) is 0 Å². The zero-order valence-electron chi connectivity index (χ0n) is 21.3. The first-order valence-electron chi connectivity index (χ1n) is 12.9. The highest BCUT2D eigenvalue weighted by molar-refractivity contribution is 5.89. The normalized spacial score (nSPS) is 14.3. The molecule has 2 nitrogen and oxygen atoms in total. The Morgan fingerprint density at radius 2 is 1.53 bits per heavy atom. The molecule has 0 radical (unpaired) electrons. The van der Waals surface area contributed by atoms with E-state index in [2.05, 4.69) is 54.7 Å². The lowest BCUT2D eigenvalue weighted by molar-refractivity contribution is -0.138. The summed E-state index contributed by atoms with van der Waals surface area (Å²) in [6, 6.07) is 28.2. The Kier molecular flexibility index (Phi) is 7.54. The van der Waals surface area contributed by atoms with Gasteiger partial charge in [-0.2, -0.15) is 13.2 Å². The molecule has 4 aromatic rings. The molecule has 5 heteroatoms. The summed E-state index contributed by atoms with van der Waals surface area (Å²) >= 11 is 0. The van der Waals surface area contributed by atoms with Gasteiger partial charge in [-0.05, 0) is 76.4 Å². The molecule has 1 heterocycles. The van der Waals surface area contributed by atoms with Crippen LogP contribution in [0.5, 0.6) is 5.75 Å². The molecule has 0 aliphatic carbocycles. The van der Waals surface area contributed by atoms with Crippen molar-refractivity contribution in [1.82, 2.24) is 0 Å². The number of halogens is 3. The van der Waals surface area contributed by atoms with Gasteiger partial charge in [-0.25, -0.2) is 0 Å². The molecular formula is C33H30F3NO. The summed E-state index contributed by atoms with van der Waals surface area (Å²) in [5.41, 5.74) is 8.01. The van der Waals surface area contributed by atoms with E-state index in [1.807, 2.05) is 30.3 Å². The molecule has 0 saturated heterocycles. The Bertz CT molecular complexity index is 1440. The number of hydrogen-bond donors (Lipinski definition) is 1. The second kappa shape index (κ2) is 11.2. The minimum Gasteiger partial charge on any atom is -0.488 e. The monoisotopic (exact) mass is 513 g/mol. The van der Waals surface area contributed by atoms with E-state index in [0.29, 0.717) is 6.54 Å². The van der Waals surface area contributed by atoms with Crippen LogP contribution in [0.3, 0.4) is 0 Å². The van der Waals surface area contributed by atoms with E-state index in [9.17, 15) is 13.2 Å². The molecular weight excluding hydrogens is 483 g/mol. The molecule has 0 amide bonds. The minimum atomic E-state index is -4.48. The van der Waals surface area contributed by atoms with Gasteiger partial charge in [0.1, 0.15) is 12.4 Å². The quantitative estimate of drug-likeness (QED) is 0.267. The van der Waals surface area contributed by atoms with E-state index in [1.54, 1.807) is 6.07 Å². The highest BCUT2D eigenvalue weighted by atomic mass is 19.4. The molecule has 5 rings (SSSR count). The first-order chi connectivity index (χ1) is 18.4. The maximum absolute atomic E-state index is 13.6. The predicted octanol–water partition coefficient (Wildman–Crippen LogP) is 8.60. The van der Waals surface area contributed by atoms with Gasteiger partial charge in [0.05, 0.1) is 5.56 Å². The van der Waals surface area contributed by atoms with E-state index in [4.69, 9.17) is 4.74 Å². The number of anilines is 1. The van der Waals surface area contributed by atoms with E-state index >= 15 is 0 Å². The highest BCUT2D eigenvalue weighted by Crippen LogP contribution is 2.38. The third kappa shape index (κ3) is 5.62. The lowest BCUT2D eigenvalue weighted by Crippen LogP contribution is -2.14. The Hall–Kier alpha value is -3.99. The average Bonchev–Trinajstić information content (AvgIpc) is 2.92. The number of para-hydroxylation sites is 2. The Morgan fingerprint density at radius 1 is 0.789 bits per heavy atom. The van der Waals surface area contributed by atoms with Crippen molar-refractivity contribution in [1.29, 1.82) is 0 Å². The van der Waals surface area contributed by atoms with Crippen molar-refractivity contribution >= 4 is 17.3 Å². The van der Waals surface area contributed by atoms with Crippen LogP contribution < -0.4 is 10.1 Å². The zero-order chi connectivity index (χ0) is 26.5. The Labute approximate surface area is 221 Å². The molecule has 1 N–H and O–H groups in total. The van der Waals surface area contributed by atoms with Gasteiger partial charge in [0, 0.05) is 12.2 Å². The van der Waals surface area contributed by atoms with Gasteiger partial charge in [-0.3, -0.25) is 0 Å². The van der Waals surface area contributed by atoms with Crippen LogP contribution in [-0.2, 0) is 32.0 Å². The molecule has 1 aliphatic rings. The standard InChI is InChI=1S/C33H30F3NO/c1-2-24-12-9-15-28-27(22-38-31-17-7-6-16-30(31)33(34,35)36)20-26-14-8-13-25(32(26)37-21-29(24)28)19-18-23-10-4-3-5-11-23/h3-17,20,37H,2,18-19,21-22H2,1H3/b27-20-. The average molecular weight is 514 g/mol. The first-order valence-corrected chi connectivity index (χ1v) is 12.9. The molecule has 1 aliphatic heterocycles. The van der Waals surface area contributed by atoms with Crippen molar-refractivity contribution in [3.8, 4) is 5.75 Å². The van der Waals surface area contributed by atoms with Gasteiger partial charge in [-0.15, -0.1) is 0 Å². The third-order valence-corrected chi connectivity index (χ3v) is 7.06. The fraction of sp³-hybridized carbons (Fsp3) is 0.212. The Morgan fingerprint density at radius 3 is 2.32 bits per heavy atom. The maximum atomic E-state index is 13.6. The van der Waals surface area contributed by atoms with E-state index in [-0.39, 0.29) is 12.4 Å². The van der Waals surface area contributed by atoms with Gasteiger partial charge < -0.3 is 10.1 Å². The molecule has 194 valence electrons. The molecule has 0 fully saturated rings. The summed E-state index contributed by atoms with van der Waals surface area (Å²) in [5.74, 6) is -0.161. The lowest BCUT2D eigenvalue weighted by Gasteiger charge is -2.24. The topological polar surface area (TPSA) is 21.3 Å². The van der Waals surface area contributed by atoms with Crippen LogP contribution in [-0.4, -0.2) is 6.61 Å². The fourth-order valence-electron chi connectivity index (χ4n) is 5.11. The predicted molar refractivity (Wildman–Crippen MR) is 148 cm³/mol. The van der Waals surface area contributed by atoms with Crippen LogP contribution in [0.25, 0.3) is 11.6 Å². The molecule has 4 aromatic carbocycles. The molecule has 0 saturated carbocycles. The van der Waals surface area contributed by atoms with Gasteiger partial charge in [0.15, 0.2) is 0 Å². The molecule has 0 atom stereocenters. The van der Waals surface area contributed by atoms with Gasteiger partial charge >= 0.3 is 6.18 Å². The summed E-state index contributed by atoms with van der Waals surface area (Å²) in [7, 11) is 0. The van der Waals surface area contributed by atoms with Crippen molar-refractivity contribution in [3.05, 3.63) is 130 Å². The number of fused-ring (bicyclic) bond motifs is 2. The van der Waals surface area contributed by atoms with Crippen LogP contribution >= 0.6 is 0 Å². The minimum absolute atomic E-state index is 0.0287. The van der Waals surface area contributed by atoms with Gasteiger partial charge in [0.25, 0.3) is 0 Å². The molecule has 0 unspecified atom stereocenters. The number of rotatable bonds is 7. The van der Waals surface area contributed by atoms with Crippen molar-refractivity contribution in [3.63, 3.8) is 0 Å². The first kappa shape index (κ1) is 25.7. The summed E-state index contributed by atoms with van der Waals surface area (Å²) in [5, 5.41) is 3.69. The molecule has 0 spiro atoms. The molecule has 0 aromatic heterocycles. The van der Waals surface area contributed by atoms with Gasteiger partial charge in [-0.1, -0.05) is 85.8 Å². The van der Waals surface area contributed by atoms with E-state index < -0.39 is 11.7 Å². The summed E-state index contributed by atoms with van der Waals surface area (Å²) in [6.07, 6.45) is 0.231. The summed E-state index contributed by atoms with van der Waals surface area (Å²) in [6.45, 7) is 2.78. The van der Waals surface area contributed by atoms with Crippen LogP contribution in [0.4, 0.5) is 18.9 Å². The molecule has 0 bridgehead atoms. The fourth-order valence-corrected chi connectivity index (χ4v) is 5.11. The second-order valence-electron chi connectivity index (χ2n) is 9.47. The zero-order valence-corrected chi connectivity index (χ0v) is 21.3. The van der Waals surface area contributed by atoms with E-state index in [0.717, 1.165) is 53.3 Å². The van der Waals surface area contributed by atoms with E-state index in [1.165, 1.54) is 28.8 Å². The Balaban J connectivity index is 1.53. The van der Waals surface area contributed by atoms with Crippen LogP contribution in [0.15, 0.2) is 91.0 Å².